The molecule has 0 bridgehead atoms. The molecule has 0 aromatic heterocycles. The van der Waals surface area contributed by atoms with Crippen molar-refractivity contribution in [1.29, 1.82) is 5.26 Å². The fraction of sp³-hybridized carbons (Fsp3) is 0.286. The maximum Gasteiger partial charge on any atom is 0.178 e. The molecule has 0 fully saturated rings. The van der Waals surface area contributed by atoms with Crippen molar-refractivity contribution in [3.63, 3.8) is 0 Å². The van der Waals surface area contributed by atoms with E-state index < -0.39 is 5.41 Å². The highest BCUT2D eigenvalue weighted by molar-refractivity contribution is 6.43. The van der Waals surface area contributed by atoms with Crippen LogP contribution in [-0.4, -0.2) is 5.78 Å². The van der Waals surface area contributed by atoms with Gasteiger partial charge in [0, 0.05) is 5.41 Å². The number of benzene rings is 1. The number of carbonyl (C=O) groups excluding carboxylic acids is 1. The Morgan fingerprint density at radius 3 is 2.44 bits per heavy atom. The van der Waals surface area contributed by atoms with E-state index in [-0.39, 0.29) is 11.4 Å². The van der Waals surface area contributed by atoms with E-state index in [1.165, 1.54) is 6.08 Å². The lowest BCUT2D eigenvalue weighted by atomic mass is 9.86. The number of halogens is 2. The number of Topliss-reactive ketones (excluding diaryl/α,β-unsaturated/α-hetero) is 1. The molecular weight excluding hydrogens is 269 g/mol. The van der Waals surface area contributed by atoms with Crippen molar-refractivity contribution in [3.05, 3.63) is 39.4 Å². The fourth-order valence-electron chi connectivity index (χ4n) is 1.34. The van der Waals surface area contributed by atoms with Crippen molar-refractivity contribution >= 4 is 35.1 Å². The minimum Gasteiger partial charge on any atom is -0.293 e. The van der Waals surface area contributed by atoms with Gasteiger partial charge in [-0.3, -0.25) is 4.79 Å². The summed E-state index contributed by atoms with van der Waals surface area (Å²) in [5.41, 5.74) is 0.0390. The molecule has 4 heteroatoms. The molecule has 0 saturated heterocycles. The number of hydrogen-bond acceptors (Lipinski definition) is 2. The lowest BCUT2D eigenvalue weighted by molar-refractivity contribution is -0.121. The largest absolute Gasteiger partial charge is 0.293 e. The van der Waals surface area contributed by atoms with Crippen LogP contribution in [0.2, 0.25) is 10.0 Å². The minimum absolute atomic E-state index is 0.0756. The van der Waals surface area contributed by atoms with Gasteiger partial charge in [0.05, 0.1) is 15.6 Å². The van der Waals surface area contributed by atoms with Crippen molar-refractivity contribution < 1.29 is 4.79 Å². The van der Waals surface area contributed by atoms with Gasteiger partial charge in [-0.25, -0.2) is 0 Å². The molecule has 18 heavy (non-hydrogen) atoms. The molecular formula is C14H13Cl2NO. The molecule has 0 aliphatic heterocycles. The van der Waals surface area contributed by atoms with Crippen molar-refractivity contribution in [2.75, 3.05) is 0 Å². The zero-order valence-electron chi connectivity index (χ0n) is 10.4. The molecule has 1 aromatic carbocycles. The number of carbonyl (C=O) groups is 1. The molecule has 0 radical (unpaired) electrons. The molecule has 0 amide bonds. The number of nitriles is 1. The predicted octanol–water partition coefficient (Wildman–Crippen LogP) is 4.52. The maximum absolute atomic E-state index is 12.0. The zero-order chi connectivity index (χ0) is 13.9. The predicted molar refractivity (Wildman–Crippen MR) is 74.5 cm³/mol. The Morgan fingerprint density at radius 1 is 1.33 bits per heavy atom. The van der Waals surface area contributed by atoms with Gasteiger partial charge in [-0.15, -0.1) is 0 Å². The first-order valence-electron chi connectivity index (χ1n) is 5.38. The highest BCUT2D eigenvalue weighted by Crippen LogP contribution is 2.28. The Bertz CT molecular complexity index is 548. The van der Waals surface area contributed by atoms with Gasteiger partial charge in [-0.1, -0.05) is 56.1 Å². The van der Waals surface area contributed by atoms with Crippen LogP contribution >= 0.6 is 23.2 Å². The first kappa shape index (κ1) is 14.8. The van der Waals surface area contributed by atoms with E-state index in [9.17, 15) is 4.79 Å². The van der Waals surface area contributed by atoms with Crippen LogP contribution in [0.4, 0.5) is 0 Å². The van der Waals surface area contributed by atoms with Crippen LogP contribution in [-0.2, 0) is 4.79 Å². The first-order valence-corrected chi connectivity index (χ1v) is 6.13. The lowest BCUT2D eigenvalue weighted by Gasteiger charge is -2.15. The van der Waals surface area contributed by atoms with Gasteiger partial charge in [0.25, 0.3) is 0 Å². The summed E-state index contributed by atoms with van der Waals surface area (Å²) in [4.78, 5) is 12.0. The van der Waals surface area contributed by atoms with Crippen molar-refractivity contribution in [2.24, 2.45) is 5.41 Å². The molecule has 2 nitrogen and oxygen atoms in total. The van der Waals surface area contributed by atoms with Gasteiger partial charge in [0.2, 0.25) is 0 Å². The number of rotatable bonds is 2. The van der Waals surface area contributed by atoms with Crippen LogP contribution < -0.4 is 0 Å². The Hall–Kier alpha value is -1.30. The Balaban J connectivity index is 3.26. The topological polar surface area (TPSA) is 40.9 Å². The van der Waals surface area contributed by atoms with Crippen LogP contribution in [0.3, 0.4) is 0 Å². The maximum atomic E-state index is 12.0. The Morgan fingerprint density at radius 2 is 1.94 bits per heavy atom. The van der Waals surface area contributed by atoms with E-state index in [1.54, 1.807) is 39.0 Å². The second kappa shape index (κ2) is 5.56. The van der Waals surface area contributed by atoms with Crippen LogP contribution in [0.25, 0.3) is 6.08 Å². The fourth-order valence-corrected chi connectivity index (χ4v) is 1.70. The average molecular weight is 282 g/mol. The molecule has 0 saturated carbocycles. The third-order valence-corrected chi connectivity index (χ3v) is 3.16. The average Bonchev–Trinajstić information content (AvgIpc) is 2.29. The lowest BCUT2D eigenvalue weighted by Crippen LogP contribution is -2.21. The summed E-state index contributed by atoms with van der Waals surface area (Å²) in [6, 6.07) is 6.99. The molecule has 0 aliphatic carbocycles. The zero-order valence-corrected chi connectivity index (χ0v) is 11.9. The molecule has 0 aliphatic rings. The molecule has 0 unspecified atom stereocenters. The molecule has 94 valence electrons. The van der Waals surface area contributed by atoms with Gasteiger partial charge in [-0.2, -0.15) is 5.26 Å². The van der Waals surface area contributed by atoms with E-state index in [1.807, 2.05) is 6.07 Å². The van der Waals surface area contributed by atoms with Gasteiger partial charge < -0.3 is 0 Å². The van der Waals surface area contributed by atoms with Crippen LogP contribution in [0.15, 0.2) is 23.8 Å². The van der Waals surface area contributed by atoms with Crippen LogP contribution in [0.5, 0.6) is 0 Å². The van der Waals surface area contributed by atoms with Crippen molar-refractivity contribution in [2.45, 2.75) is 20.8 Å². The minimum atomic E-state index is -0.605. The van der Waals surface area contributed by atoms with Crippen LogP contribution in [0.1, 0.15) is 26.3 Å². The normalized spacial score (nSPS) is 12.1. The van der Waals surface area contributed by atoms with E-state index in [0.29, 0.717) is 15.6 Å². The second-order valence-corrected chi connectivity index (χ2v) is 5.68. The molecule has 1 rings (SSSR count). The summed E-state index contributed by atoms with van der Waals surface area (Å²) < 4.78 is 0. The Kier molecular flexibility index (Phi) is 4.56. The summed E-state index contributed by atoms with van der Waals surface area (Å²) in [6.45, 7) is 5.29. The first-order chi connectivity index (χ1) is 8.27. The van der Waals surface area contributed by atoms with Crippen molar-refractivity contribution in [1.82, 2.24) is 0 Å². The van der Waals surface area contributed by atoms with Gasteiger partial charge in [-0.05, 0) is 17.7 Å². The molecule has 0 atom stereocenters. The summed E-state index contributed by atoms with van der Waals surface area (Å²) in [5.74, 6) is -0.221. The smallest absolute Gasteiger partial charge is 0.178 e. The van der Waals surface area contributed by atoms with Gasteiger partial charge in [0.1, 0.15) is 6.07 Å². The monoisotopic (exact) mass is 281 g/mol. The number of ketones is 1. The van der Waals surface area contributed by atoms with Crippen LogP contribution in [0, 0.1) is 16.7 Å². The quantitative estimate of drug-likeness (QED) is 0.591. The summed E-state index contributed by atoms with van der Waals surface area (Å²) >= 11 is 11.9. The standard InChI is InChI=1S/C14H13Cl2NO/c1-14(2,3)13(18)10(8-17)7-9-5-4-6-11(15)12(9)16/h4-7H,1-3H3/b10-7+. The van der Waals surface area contributed by atoms with Gasteiger partial charge >= 0.3 is 0 Å². The summed E-state index contributed by atoms with van der Waals surface area (Å²) in [7, 11) is 0. The summed E-state index contributed by atoms with van der Waals surface area (Å²) in [6.07, 6.45) is 1.47. The van der Waals surface area contributed by atoms with E-state index in [2.05, 4.69) is 0 Å². The van der Waals surface area contributed by atoms with Gasteiger partial charge in [0.15, 0.2) is 5.78 Å². The van der Waals surface area contributed by atoms with E-state index in [4.69, 9.17) is 28.5 Å². The Labute approximate surface area is 117 Å². The summed E-state index contributed by atoms with van der Waals surface area (Å²) in [5, 5.41) is 9.80. The third-order valence-electron chi connectivity index (χ3n) is 2.33. The SMILES string of the molecule is CC(C)(C)C(=O)/C(C#N)=C/c1cccc(Cl)c1Cl. The molecule has 0 N–H and O–H groups in total. The molecule has 0 heterocycles. The number of allylic oxidation sites excluding steroid dienone is 1. The van der Waals surface area contributed by atoms with E-state index >= 15 is 0 Å². The number of nitrogens with zero attached hydrogens (tertiary/aromatic N) is 1. The third kappa shape index (κ3) is 3.35. The highest BCUT2D eigenvalue weighted by atomic mass is 35.5. The van der Waals surface area contributed by atoms with Crippen molar-refractivity contribution in [3.8, 4) is 6.07 Å². The molecule has 0 spiro atoms. The second-order valence-electron chi connectivity index (χ2n) is 4.89. The van der Waals surface area contributed by atoms with E-state index in [0.717, 1.165) is 0 Å². The molecule has 1 aromatic rings. The highest BCUT2D eigenvalue weighted by Gasteiger charge is 2.25. The number of hydrogen-bond donors (Lipinski definition) is 0.